The summed E-state index contributed by atoms with van der Waals surface area (Å²) in [5.74, 6) is 1.84. The summed E-state index contributed by atoms with van der Waals surface area (Å²) >= 11 is 0. The van der Waals surface area contributed by atoms with Crippen LogP contribution in [0, 0.1) is 11.8 Å². The molecule has 0 unspecified atom stereocenters. The molecule has 4 heteroatoms. The van der Waals surface area contributed by atoms with Crippen LogP contribution in [-0.4, -0.2) is 16.0 Å². The predicted molar refractivity (Wildman–Crippen MR) is 204 cm³/mol. The zero-order valence-electron chi connectivity index (χ0n) is 29.0. The minimum Gasteiger partial charge on any atom is -0.456 e. The van der Waals surface area contributed by atoms with Gasteiger partial charge in [0.15, 0.2) is 11.6 Å². The van der Waals surface area contributed by atoms with Crippen LogP contribution in [0.3, 0.4) is 0 Å². The Morgan fingerprint density at radius 1 is 0.569 bits per heavy atom. The zero-order chi connectivity index (χ0) is 33.7. The third-order valence-electron chi connectivity index (χ3n) is 14.6. The van der Waals surface area contributed by atoms with E-state index in [-0.39, 0.29) is 17.3 Å². The number of furan rings is 1. The summed E-state index contributed by atoms with van der Waals surface area (Å²) < 4.78 is 8.94. The fourth-order valence-electron chi connectivity index (χ4n) is 12.1. The van der Waals surface area contributed by atoms with E-state index in [4.69, 9.17) is 4.42 Å². The lowest BCUT2D eigenvalue weighted by atomic mass is 9.79. The monoisotopic (exact) mass is 663 g/mol. The van der Waals surface area contributed by atoms with Gasteiger partial charge in [-0.25, -0.2) is 0 Å². The molecule has 8 aromatic rings. The summed E-state index contributed by atoms with van der Waals surface area (Å²) in [6.07, 6.45) is 8.40. The maximum absolute atomic E-state index is 14.1. The van der Waals surface area contributed by atoms with Gasteiger partial charge in [-0.1, -0.05) is 32.0 Å². The molecule has 4 nitrogen and oxygen atoms in total. The lowest BCUT2D eigenvalue weighted by molar-refractivity contribution is 0.0891. The molecule has 248 valence electrons. The number of ketones is 2. The van der Waals surface area contributed by atoms with Gasteiger partial charge in [-0.05, 0) is 145 Å². The molecule has 15 rings (SSSR count). The second kappa shape index (κ2) is 8.91. The largest absolute Gasteiger partial charge is 0.456 e. The number of benzene rings is 5. The van der Waals surface area contributed by atoms with Gasteiger partial charge in [0.2, 0.25) is 0 Å². The first-order valence-electron chi connectivity index (χ1n) is 19.3. The van der Waals surface area contributed by atoms with E-state index in [1.807, 2.05) is 6.07 Å². The highest BCUT2D eigenvalue weighted by Crippen LogP contribution is 2.58. The molecule has 0 radical (unpaired) electrons. The van der Waals surface area contributed by atoms with Gasteiger partial charge in [-0.2, -0.15) is 0 Å². The first-order chi connectivity index (χ1) is 24.8. The first kappa shape index (κ1) is 27.7. The van der Waals surface area contributed by atoms with Crippen LogP contribution >= 0.6 is 0 Å². The normalized spacial score (nSPS) is 24.7. The molecular formula is C47H37NO3. The molecule has 51 heavy (non-hydrogen) atoms. The van der Waals surface area contributed by atoms with Crippen molar-refractivity contribution in [2.45, 2.75) is 82.5 Å². The number of carbonyl (C=O) groups is 2. The van der Waals surface area contributed by atoms with Crippen LogP contribution in [0.1, 0.15) is 120 Å². The van der Waals surface area contributed by atoms with Crippen molar-refractivity contribution in [1.82, 2.24) is 4.40 Å². The summed E-state index contributed by atoms with van der Waals surface area (Å²) in [6.45, 7) is 4.79. The maximum Gasteiger partial charge on any atom is 0.166 e. The lowest BCUT2D eigenvalue weighted by Gasteiger charge is -2.23. The Hall–Kier alpha value is -4.96. The van der Waals surface area contributed by atoms with Crippen molar-refractivity contribution in [3.05, 3.63) is 100 Å². The minimum absolute atomic E-state index is 0.140. The van der Waals surface area contributed by atoms with Crippen molar-refractivity contribution in [3.63, 3.8) is 0 Å². The SMILES string of the molecule is CC1(C)c2cc3c(cc2-c2cc4c5cc6c(cc5n5c7cc8c(cc7c(c21)c45)C1CCC(CC1)C8=O)C(=O)C1CCC6CC1)oc1ccccc13. The Balaban J connectivity index is 1.21. The van der Waals surface area contributed by atoms with E-state index in [9.17, 15) is 9.59 Å². The number of hydrogen-bond acceptors (Lipinski definition) is 3. The minimum atomic E-state index is -0.267. The van der Waals surface area contributed by atoms with Crippen LogP contribution in [0.5, 0.6) is 0 Å². The van der Waals surface area contributed by atoms with Gasteiger partial charge in [0.25, 0.3) is 0 Å². The molecule has 4 bridgehead atoms. The van der Waals surface area contributed by atoms with Crippen molar-refractivity contribution in [2.75, 3.05) is 0 Å². The standard InChI is InChI=1S/C47H37NO3/c1-47(2)37-18-31-26-5-3-4-6-40(26)51-41(31)21-29(37)32-17-33-30-15-27-22-7-11-24(12-8-22)45(49)34(27)19-38(30)48-39-20-35-28(16-36(39)42(43(32)47)44(33)48)23-9-13-25(14-10-23)46(35)50/h3-6,15-25H,7-14H2,1-2H3. The Bertz CT molecular complexity index is 2950. The predicted octanol–water partition coefficient (Wildman–Crippen LogP) is 12.0. The maximum atomic E-state index is 14.1. The van der Waals surface area contributed by atoms with Gasteiger partial charge in [-0.3, -0.25) is 9.59 Å². The second-order valence-electron chi connectivity index (χ2n) is 17.3. The molecule has 0 saturated heterocycles. The summed E-state index contributed by atoms with van der Waals surface area (Å²) in [4.78, 5) is 28.2. The molecule has 0 aliphatic heterocycles. The molecule has 3 aromatic heterocycles. The van der Waals surface area contributed by atoms with E-state index in [1.54, 1.807) is 0 Å². The van der Waals surface area contributed by atoms with E-state index in [0.29, 0.717) is 23.4 Å². The number of nitrogens with zero attached hydrogens (tertiary/aromatic N) is 1. The smallest absolute Gasteiger partial charge is 0.166 e. The van der Waals surface area contributed by atoms with Crippen LogP contribution < -0.4 is 0 Å². The van der Waals surface area contributed by atoms with Crippen molar-refractivity contribution >= 4 is 71.6 Å². The topological polar surface area (TPSA) is 51.7 Å². The van der Waals surface area contributed by atoms with Crippen molar-refractivity contribution < 1.29 is 14.0 Å². The van der Waals surface area contributed by atoms with E-state index in [2.05, 4.69) is 78.9 Å². The van der Waals surface area contributed by atoms with Gasteiger partial charge in [-0.15, -0.1) is 0 Å². The van der Waals surface area contributed by atoms with E-state index >= 15 is 0 Å². The Labute approximate surface area is 294 Å². The number of rotatable bonds is 0. The zero-order valence-corrected chi connectivity index (χ0v) is 29.0. The van der Waals surface area contributed by atoms with E-state index < -0.39 is 0 Å². The van der Waals surface area contributed by atoms with Crippen LogP contribution in [-0.2, 0) is 5.41 Å². The molecule has 2 saturated carbocycles. The molecular weight excluding hydrogens is 627 g/mol. The van der Waals surface area contributed by atoms with Crippen LogP contribution in [0.25, 0.3) is 71.2 Å². The van der Waals surface area contributed by atoms with Crippen molar-refractivity contribution in [3.8, 4) is 11.1 Å². The third kappa shape index (κ3) is 3.18. The second-order valence-corrected chi connectivity index (χ2v) is 17.3. The summed E-state index contributed by atoms with van der Waals surface area (Å²) in [5, 5.41) is 7.37. The number of para-hydroxylation sites is 1. The molecule has 0 amide bonds. The Morgan fingerprint density at radius 2 is 1.18 bits per heavy atom. The number of hydrogen-bond donors (Lipinski definition) is 0. The lowest BCUT2D eigenvalue weighted by Crippen LogP contribution is -2.15. The Kier molecular flexibility index (Phi) is 4.84. The summed E-state index contributed by atoms with van der Waals surface area (Å²) in [5.41, 5.74) is 14.7. The third-order valence-corrected chi connectivity index (χ3v) is 14.6. The molecule has 0 N–H and O–H groups in total. The van der Waals surface area contributed by atoms with Gasteiger partial charge in [0.1, 0.15) is 11.2 Å². The molecule has 2 fully saturated rings. The highest BCUT2D eigenvalue weighted by Gasteiger charge is 2.42. The molecule has 0 atom stereocenters. The van der Waals surface area contributed by atoms with Crippen LogP contribution in [0.15, 0.2) is 71.1 Å². The molecule has 5 aromatic carbocycles. The van der Waals surface area contributed by atoms with Crippen LogP contribution in [0.4, 0.5) is 0 Å². The number of Topliss-reactive ketones (excluding diaryl/α,β-unsaturated/α-hetero) is 2. The molecule has 7 aliphatic carbocycles. The summed E-state index contributed by atoms with van der Waals surface area (Å²) in [7, 11) is 0. The fourth-order valence-corrected chi connectivity index (χ4v) is 12.1. The highest BCUT2D eigenvalue weighted by atomic mass is 16.3. The van der Waals surface area contributed by atoms with Gasteiger partial charge < -0.3 is 8.82 Å². The van der Waals surface area contributed by atoms with Gasteiger partial charge in [0, 0.05) is 60.7 Å². The van der Waals surface area contributed by atoms with Crippen molar-refractivity contribution in [2.24, 2.45) is 11.8 Å². The molecule has 0 spiro atoms. The number of carbonyl (C=O) groups excluding carboxylic acids is 2. The average molecular weight is 664 g/mol. The van der Waals surface area contributed by atoms with Crippen molar-refractivity contribution in [1.29, 1.82) is 0 Å². The molecule has 7 aliphatic rings. The van der Waals surface area contributed by atoms with Crippen LogP contribution in [0.2, 0.25) is 0 Å². The summed E-state index contributed by atoms with van der Waals surface area (Å²) in [6, 6.07) is 24.9. The van der Waals surface area contributed by atoms with Gasteiger partial charge in [0.05, 0.1) is 16.6 Å². The van der Waals surface area contributed by atoms with E-state index in [0.717, 1.165) is 90.1 Å². The van der Waals surface area contributed by atoms with Gasteiger partial charge >= 0.3 is 0 Å². The Morgan fingerprint density at radius 3 is 1.86 bits per heavy atom. The number of fused-ring (bicyclic) bond motifs is 17. The highest BCUT2D eigenvalue weighted by molar-refractivity contribution is 6.28. The van der Waals surface area contributed by atoms with E-state index in [1.165, 1.54) is 65.8 Å². The first-order valence-corrected chi connectivity index (χ1v) is 19.3. The fraction of sp³-hybridized carbons (Fsp3) is 0.319. The quantitative estimate of drug-likeness (QED) is 0.162. The number of aromatic nitrogens is 1. The average Bonchev–Trinajstić information content (AvgIpc) is 3.75. The molecule has 3 heterocycles.